The first-order chi connectivity index (χ1) is 28.9. The number of aliphatic hydroxyl groups is 9. The molecule has 0 radical (unpaired) electrons. The van der Waals surface area contributed by atoms with Gasteiger partial charge in [-0.2, -0.15) is 0 Å². The molecule has 9 aliphatic rings. The van der Waals surface area contributed by atoms with Crippen molar-refractivity contribution in [2.45, 2.75) is 202 Å². The quantitative estimate of drug-likeness (QED) is 0.152. The summed E-state index contributed by atoms with van der Waals surface area (Å²) < 4.78 is 49.8. The highest BCUT2D eigenvalue weighted by Gasteiger charge is 2.76. The Bertz CT molecular complexity index is 1610. The van der Waals surface area contributed by atoms with E-state index in [0.29, 0.717) is 37.2 Å². The van der Waals surface area contributed by atoms with Crippen LogP contribution in [0.4, 0.5) is 0 Å². The highest BCUT2D eigenvalue weighted by atomic mass is 16.8. The number of hydrogen-bond donors (Lipinski definition) is 9. The molecule has 348 valence electrons. The molecule has 61 heavy (non-hydrogen) atoms. The second kappa shape index (κ2) is 16.4. The van der Waals surface area contributed by atoms with Gasteiger partial charge in [0.05, 0.1) is 38.1 Å². The summed E-state index contributed by atoms with van der Waals surface area (Å²) in [6.45, 7) is 10.0. The van der Waals surface area contributed by atoms with Crippen LogP contribution in [0, 0.1) is 40.4 Å². The van der Waals surface area contributed by atoms with Gasteiger partial charge >= 0.3 is 0 Å². The van der Waals surface area contributed by atoms with Gasteiger partial charge in [-0.15, -0.1) is 0 Å². The SMILES string of the molecule is CC1CCC2(OC1)OC1CC3C4CC=C5CC[C@@H](OC6OC(CO)C(OC7OCC(O)C(O)C7O)C(O)C6OC6OC(C)C(O)C(O)C6O)C[C@]5(C)C4CC[C@]3(C)[C@@]1(O)[C@H]2C. The predicted octanol–water partition coefficient (Wildman–Crippen LogP) is -0.0319. The molecule has 0 aromatic rings. The first-order valence-electron chi connectivity index (χ1n) is 22.9. The summed E-state index contributed by atoms with van der Waals surface area (Å²) in [6, 6.07) is 0. The largest absolute Gasteiger partial charge is 0.394 e. The number of rotatable bonds is 7. The Morgan fingerprint density at radius 3 is 2.21 bits per heavy atom. The van der Waals surface area contributed by atoms with Crippen LogP contribution in [0.5, 0.6) is 0 Å². The summed E-state index contributed by atoms with van der Waals surface area (Å²) in [6.07, 6.45) is -11.6. The summed E-state index contributed by atoms with van der Waals surface area (Å²) in [5.41, 5.74) is -0.221. The third-order valence-electron chi connectivity index (χ3n) is 17.5. The number of ether oxygens (including phenoxy) is 8. The summed E-state index contributed by atoms with van der Waals surface area (Å²) >= 11 is 0. The summed E-state index contributed by atoms with van der Waals surface area (Å²) in [7, 11) is 0. The van der Waals surface area contributed by atoms with Gasteiger partial charge in [-0.3, -0.25) is 0 Å². The second-order valence-electron chi connectivity index (χ2n) is 20.7. The van der Waals surface area contributed by atoms with E-state index >= 15 is 0 Å². The van der Waals surface area contributed by atoms with Crippen LogP contribution in [0.3, 0.4) is 0 Å². The first kappa shape index (κ1) is 45.2. The first-order valence-corrected chi connectivity index (χ1v) is 22.9. The Morgan fingerprint density at radius 1 is 0.754 bits per heavy atom. The van der Waals surface area contributed by atoms with Crippen LogP contribution in [-0.4, -0.2) is 175 Å². The van der Waals surface area contributed by atoms with Gasteiger partial charge in [-0.05, 0) is 87.4 Å². The van der Waals surface area contributed by atoms with Crippen LogP contribution in [-0.2, 0) is 37.9 Å². The molecular weight excluding hydrogens is 800 g/mol. The second-order valence-corrected chi connectivity index (χ2v) is 20.7. The molecule has 17 heteroatoms. The summed E-state index contributed by atoms with van der Waals surface area (Å²) in [5, 5.41) is 98.3. The Morgan fingerprint density at radius 2 is 1.49 bits per heavy atom. The van der Waals surface area contributed by atoms with Crippen molar-refractivity contribution in [1.82, 2.24) is 0 Å². The zero-order valence-electron chi connectivity index (χ0n) is 36.0. The smallest absolute Gasteiger partial charge is 0.187 e. The molecule has 25 atom stereocenters. The molecule has 3 saturated carbocycles. The van der Waals surface area contributed by atoms with Crippen LogP contribution >= 0.6 is 0 Å². The lowest BCUT2D eigenvalue weighted by atomic mass is 9.46. The van der Waals surface area contributed by atoms with Gasteiger partial charge < -0.3 is 83.9 Å². The van der Waals surface area contributed by atoms with Crippen molar-refractivity contribution in [3.63, 3.8) is 0 Å². The minimum Gasteiger partial charge on any atom is -0.394 e. The third-order valence-corrected chi connectivity index (χ3v) is 17.5. The van der Waals surface area contributed by atoms with Gasteiger partial charge in [0.2, 0.25) is 0 Å². The minimum atomic E-state index is -1.72. The van der Waals surface area contributed by atoms with Crippen molar-refractivity contribution in [3.05, 3.63) is 11.6 Å². The van der Waals surface area contributed by atoms with Crippen molar-refractivity contribution < 1.29 is 83.9 Å². The highest BCUT2D eigenvalue weighted by molar-refractivity contribution is 5.29. The Labute approximate surface area is 357 Å². The molecule has 5 heterocycles. The molecule has 20 unspecified atom stereocenters. The Hall–Kier alpha value is -0.940. The van der Waals surface area contributed by atoms with Crippen molar-refractivity contribution in [2.75, 3.05) is 19.8 Å². The molecule has 0 bridgehead atoms. The van der Waals surface area contributed by atoms with E-state index in [0.717, 1.165) is 44.9 Å². The topological polar surface area (TPSA) is 256 Å². The van der Waals surface area contributed by atoms with Gasteiger partial charge in [0.25, 0.3) is 0 Å². The monoisotopic (exact) mass is 870 g/mol. The molecule has 8 fully saturated rings. The lowest BCUT2D eigenvalue weighted by Gasteiger charge is -2.60. The Kier molecular flexibility index (Phi) is 12.2. The van der Waals surface area contributed by atoms with Gasteiger partial charge in [0.15, 0.2) is 24.7 Å². The molecule has 17 nitrogen and oxygen atoms in total. The van der Waals surface area contributed by atoms with Crippen LogP contribution < -0.4 is 0 Å². The standard InChI is InChI=1S/C44H70O17/c1-19-10-13-43(55-17-19)21(3)44(53)29(61-43)14-26-24-9-7-22-6-8-23(15-41(22,4)25(24)11-12-42(26,44)5)57-40-37(60-39-34(51)32(49)30(47)20(2)56-39)35(52)36(28(16-45)58-40)59-38-33(50)31(48)27(46)18-54-38/h7,19-21,23-40,45-53H,6,8-18H2,1-5H3/t19?,20?,21-,23+,24?,25?,26?,27?,28?,29?,30?,31?,32?,33?,34?,35?,36?,37?,38?,39?,40?,41-,42-,43?,44+/m0/s1. The molecule has 9 N–H and O–H groups in total. The van der Waals surface area contributed by atoms with E-state index in [-0.39, 0.29) is 35.4 Å². The van der Waals surface area contributed by atoms with Crippen LogP contribution in [0.1, 0.15) is 92.4 Å². The van der Waals surface area contributed by atoms with Crippen molar-refractivity contribution in [1.29, 1.82) is 0 Å². The Balaban J connectivity index is 0.941. The number of allylic oxidation sites excluding steroid dienone is 2. The third kappa shape index (κ3) is 7.06. The zero-order chi connectivity index (χ0) is 43.6. The summed E-state index contributed by atoms with van der Waals surface area (Å²) in [5.74, 6) is 0.418. The number of aliphatic hydroxyl groups excluding tert-OH is 8. The fraction of sp³-hybridized carbons (Fsp3) is 0.955. The molecule has 0 aromatic carbocycles. The van der Waals surface area contributed by atoms with Gasteiger partial charge in [-0.1, -0.05) is 39.3 Å². The maximum absolute atomic E-state index is 12.9. The van der Waals surface area contributed by atoms with Crippen LogP contribution in [0.2, 0.25) is 0 Å². The molecule has 4 aliphatic carbocycles. The maximum Gasteiger partial charge on any atom is 0.187 e. The van der Waals surface area contributed by atoms with E-state index in [2.05, 4.69) is 33.8 Å². The summed E-state index contributed by atoms with van der Waals surface area (Å²) in [4.78, 5) is 0. The molecule has 5 saturated heterocycles. The molecule has 9 rings (SSSR count). The van der Waals surface area contributed by atoms with E-state index in [9.17, 15) is 46.0 Å². The molecular formula is C44H70O17. The molecule has 5 aliphatic heterocycles. The van der Waals surface area contributed by atoms with Crippen molar-refractivity contribution in [3.8, 4) is 0 Å². The number of hydrogen-bond acceptors (Lipinski definition) is 17. The van der Waals surface area contributed by atoms with Gasteiger partial charge in [-0.25, -0.2) is 0 Å². The number of fused-ring (bicyclic) bond motifs is 7. The predicted molar refractivity (Wildman–Crippen MR) is 210 cm³/mol. The van der Waals surface area contributed by atoms with E-state index in [1.807, 2.05) is 0 Å². The average Bonchev–Trinajstić information content (AvgIpc) is 3.59. The van der Waals surface area contributed by atoms with Crippen molar-refractivity contribution in [2.24, 2.45) is 40.4 Å². The lowest BCUT2D eigenvalue weighted by Crippen LogP contribution is -2.66. The van der Waals surface area contributed by atoms with Crippen LogP contribution in [0.25, 0.3) is 0 Å². The molecule has 0 aromatic heterocycles. The van der Waals surface area contributed by atoms with Crippen LogP contribution in [0.15, 0.2) is 11.6 Å². The average molecular weight is 871 g/mol. The van der Waals surface area contributed by atoms with E-state index < -0.39 is 110 Å². The van der Waals surface area contributed by atoms with E-state index in [1.54, 1.807) is 0 Å². The fourth-order valence-electron chi connectivity index (χ4n) is 13.8. The normalized spacial score (nSPS) is 58.4. The maximum atomic E-state index is 12.9. The molecule has 1 spiro atoms. The van der Waals surface area contributed by atoms with Gasteiger partial charge in [0, 0.05) is 17.8 Å². The fourth-order valence-corrected chi connectivity index (χ4v) is 13.8. The van der Waals surface area contributed by atoms with E-state index in [1.165, 1.54) is 12.5 Å². The van der Waals surface area contributed by atoms with Gasteiger partial charge in [0.1, 0.15) is 66.6 Å². The minimum absolute atomic E-state index is 0.160. The lowest BCUT2D eigenvalue weighted by molar-refractivity contribution is -0.386. The van der Waals surface area contributed by atoms with E-state index in [4.69, 9.17) is 37.9 Å². The highest BCUT2D eigenvalue weighted by Crippen LogP contribution is 2.72. The van der Waals surface area contributed by atoms with Crippen molar-refractivity contribution >= 4 is 0 Å². The molecule has 0 amide bonds. The zero-order valence-corrected chi connectivity index (χ0v) is 36.0.